The Bertz CT molecular complexity index is 588. The third kappa shape index (κ3) is 2.44. The van der Waals surface area contributed by atoms with E-state index in [1.165, 1.54) is 10.4 Å². The van der Waals surface area contributed by atoms with Crippen molar-refractivity contribution in [3.63, 3.8) is 0 Å². The van der Waals surface area contributed by atoms with Gasteiger partial charge in [0.2, 0.25) is 5.88 Å². The second-order valence-electron chi connectivity index (χ2n) is 5.30. The summed E-state index contributed by atoms with van der Waals surface area (Å²) in [6.07, 6.45) is 5.98. The van der Waals surface area contributed by atoms with Crippen LogP contribution in [-0.4, -0.2) is 22.1 Å². The summed E-state index contributed by atoms with van der Waals surface area (Å²) >= 11 is 1.70. The molecule has 0 spiro atoms. The van der Waals surface area contributed by atoms with E-state index >= 15 is 0 Å². The molecule has 0 radical (unpaired) electrons. The highest BCUT2D eigenvalue weighted by Gasteiger charge is 2.22. The zero-order valence-electron chi connectivity index (χ0n) is 11.3. The molecule has 0 atom stereocenters. The summed E-state index contributed by atoms with van der Waals surface area (Å²) < 4.78 is 6.11. The van der Waals surface area contributed by atoms with Gasteiger partial charge in [-0.2, -0.15) is 0 Å². The number of nitrogens with zero attached hydrogens (tertiary/aromatic N) is 2. The largest absolute Gasteiger partial charge is 0.474 e. The lowest BCUT2D eigenvalue weighted by molar-refractivity contribution is 0.143. The van der Waals surface area contributed by atoms with Gasteiger partial charge in [-0.25, -0.2) is 9.97 Å². The molecule has 2 N–H and O–H groups in total. The number of nitrogens with two attached hydrogens (primary N) is 1. The molecule has 102 valence electrons. The van der Waals surface area contributed by atoms with Gasteiger partial charge in [0.05, 0.1) is 5.39 Å². The van der Waals surface area contributed by atoms with Gasteiger partial charge < -0.3 is 10.5 Å². The van der Waals surface area contributed by atoms with Crippen molar-refractivity contribution >= 4 is 21.6 Å². The Kier molecular flexibility index (Phi) is 3.41. The second kappa shape index (κ2) is 5.06. The third-order valence-corrected chi connectivity index (χ3v) is 5.04. The van der Waals surface area contributed by atoms with Gasteiger partial charge in [0.25, 0.3) is 0 Å². The molecule has 0 aromatic carbocycles. The van der Waals surface area contributed by atoms with Crippen molar-refractivity contribution in [3.8, 4) is 5.88 Å². The van der Waals surface area contributed by atoms with Crippen LogP contribution in [0.3, 0.4) is 0 Å². The fourth-order valence-corrected chi connectivity index (χ4v) is 3.59. The van der Waals surface area contributed by atoms with E-state index in [-0.39, 0.29) is 6.10 Å². The van der Waals surface area contributed by atoms with Gasteiger partial charge in [-0.15, -0.1) is 11.3 Å². The lowest BCUT2D eigenvalue weighted by Crippen LogP contribution is -2.31. The van der Waals surface area contributed by atoms with Crippen LogP contribution in [0, 0.1) is 13.8 Å². The van der Waals surface area contributed by atoms with Gasteiger partial charge in [0, 0.05) is 10.9 Å². The molecular formula is C14H19N3OS. The van der Waals surface area contributed by atoms with E-state index in [2.05, 4.69) is 23.8 Å². The first-order chi connectivity index (χ1) is 9.15. The van der Waals surface area contributed by atoms with Crippen LogP contribution in [0.15, 0.2) is 6.33 Å². The number of thiophene rings is 1. The standard InChI is InChI=1S/C14H19N3OS/c1-8-9(2)19-14-12(8)13(16-7-17-14)18-11-5-3-10(15)4-6-11/h7,10-11H,3-6,15H2,1-2H3/t10-,11-. The van der Waals surface area contributed by atoms with E-state index in [0.717, 1.165) is 41.8 Å². The first-order valence-corrected chi connectivity index (χ1v) is 7.59. The summed E-state index contributed by atoms with van der Waals surface area (Å²) in [6, 6.07) is 0.343. The van der Waals surface area contributed by atoms with Crippen LogP contribution >= 0.6 is 11.3 Å². The Morgan fingerprint density at radius 2 is 1.95 bits per heavy atom. The summed E-state index contributed by atoms with van der Waals surface area (Å²) in [7, 11) is 0. The van der Waals surface area contributed by atoms with Gasteiger partial charge >= 0.3 is 0 Å². The number of hydrogen-bond acceptors (Lipinski definition) is 5. The van der Waals surface area contributed by atoms with E-state index in [1.807, 2.05) is 0 Å². The molecule has 0 bridgehead atoms. The first-order valence-electron chi connectivity index (χ1n) is 6.78. The number of aromatic nitrogens is 2. The van der Waals surface area contributed by atoms with E-state index in [9.17, 15) is 0 Å². The van der Waals surface area contributed by atoms with Crippen molar-refractivity contribution in [2.24, 2.45) is 5.73 Å². The molecule has 2 aromatic rings. The van der Waals surface area contributed by atoms with Crippen LogP contribution < -0.4 is 10.5 Å². The normalized spacial score (nSPS) is 23.7. The Morgan fingerprint density at radius 1 is 1.21 bits per heavy atom. The topological polar surface area (TPSA) is 61.0 Å². The van der Waals surface area contributed by atoms with E-state index in [0.29, 0.717) is 6.04 Å². The quantitative estimate of drug-likeness (QED) is 0.916. The molecule has 0 aliphatic heterocycles. The van der Waals surface area contributed by atoms with Gasteiger partial charge in [-0.1, -0.05) is 0 Å². The van der Waals surface area contributed by atoms with Crippen LogP contribution in [0.1, 0.15) is 36.1 Å². The van der Waals surface area contributed by atoms with Gasteiger partial charge in [-0.05, 0) is 45.1 Å². The fraction of sp³-hybridized carbons (Fsp3) is 0.571. The molecule has 2 aromatic heterocycles. The van der Waals surface area contributed by atoms with Crippen molar-refractivity contribution < 1.29 is 4.74 Å². The fourth-order valence-electron chi connectivity index (χ4n) is 2.60. The van der Waals surface area contributed by atoms with E-state index in [1.54, 1.807) is 17.7 Å². The Morgan fingerprint density at radius 3 is 2.68 bits per heavy atom. The molecule has 1 saturated carbocycles. The minimum Gasteiger partial charge on any atom is -0.474 e. The molecule has 1 aliphatic rings. The number of rotatable bonds is 2. The maximum atomic E-state index is 6.11. The Hall–Kier alpha value is -1.20. The summed E-state index contributed by atoms with van der Waals surface area (Å²) in [5.41, 5.74) is 7.17. The van der Waals surface area contributed by atoms with Gasteiger partial charge in [0.15, 0.2) is 0 Å². The molecule has 3 rings (SSSR count). The number of hydrogen-bond donors (Lipinski definition) is 1. The van der Waals surface area contributed by atoms with Gasteiger partial charge in [-0.3, -0.25) is 0 Å². The molecule has 2 heterocycles. The van der Waals surface area contributed by atoms with Crippen LogP contribution in [0.5, 0.6) is 5.88 Å². The zero-order chi connectivity index (χ0) is 13.4. The smallest absolute Gasteiger partial charge is 0.225 e. The molecule has 0 unspecified atom stereocenters. The lowest BCUT2D eigenvalue weighted by atomic mass is 9.94. The zero-order valence-corrected chi connectivity index (χ0v) is 12.2. The summed E-state index contributed by atoms with van der Waals surface area (Å²) in [5, 5.41) is 1.08. The van der Waals surface area contributed by atoms with Crippen molar-refractivity contribution in [2.75, 3.05) is 0 Å². The number of aryl methyl sites for hydroxylation is 2. The van der Waals surface area contributed by atoms with Crippen LogP contribution in [0.25, 0.3) is 10.2 Å². The average Bonchev–Trinajstić information content (AvgIpc) is 2.69. The molecule has 19 heavy (non-hydrogen) atoms. The number of ether oxygens (including phenoxy) is 1. The minimum absolute atomic E-state index is 0.248. The second-order valence-corrected chi connectivity index (χ2v) is 6.50. The van der Waals surface area contributed by atoms with Crippen molar-refractivity contribution in [2.45, 2.75) is 51.7 Å². The molecule has 5 heteroatoms. The average molecular weight is 277 g/mol. The van der Waals surface area contributed by atoms with Gasteiger partial charge in [0.1, 0.15) is 17.3 Å². The van der Waals surface area contributed by atoms with Crippen molar-refractivity contribution in [1.82, 2.24) is 9.97 Å². The maximum absolute atomic E-state index is 6.11. The summed E-state index contributed by atoms with van der Waals surface area (Å²) in [6.45, 7) is 4.23. The third-order valence-electron chi connectivity index (χ3n) is 3.93. The van der Waals surface area contributed by atoms with Crippen molar-refractivity contribution in [3.05, 3.63) is 16.8 Å². The summed E-state index contributed by atoms with van der Waals surface area (Å²) in [5.74, 6) is 0.743. The molecular weight excluding hydrogens is 258 g/mol. The molecule has 0 amide bonds. The SMILES string of the molecule is Cc1sc2ncnc(O[C@H]3CC[C@H](N)CC3)c2c1C. The first kappa shape index (κ1) is 12.8. The van der Waals surface area contributed by atoms with Crippen LogP contribution in [0.4, 0.5) is 0 Å². The molecule has 1 fully saturated rings. The predicted molar refractivity (Wildman–Crippen MR) is 77.7 cm³/mol. The Balaban J connectivity index is 1.88. The van der Waals surface area contributed by atoms with Crippen LogP contribution in [0.2, 0.25) is 0 Å². The summed E-state index contributed by atoms with van der Waals surface area (Å²) in [4.78, 5) is 11.0. The predicted octanol–water partition coefficient (Wildman–Crippen LogP) is 2.96. The lowest BCUT2D eigenvalue weighted by Gasteiger charge is -2.26. The maximum Gasteiger partial charge on any atom is 0.225 e. The monoisotopic (exact) mass is 277 g/mol. The molecule has 0 saturated heterocycles. The molecule has 4 nitrogen and oxygen atoms in total. The van der Waals surface area contributed by atoms with Crippen molar-refractivity contribution in [1.29, 1.82) is 0 Å². The highest BCUT2D eigenvalue weighted by Crippen LogP contribution is 2.35. The highest BCUT2D eigenvalue weighted by molar-refractivity contribution is 7.18. The Labute approximate surface area is 117 Å². The highest BCUT2D eigenvalue weighted by atomic mass is 32.1. The molecule has 1 aliphatic carbocycles. The van der Waals surface area contributed by atoms with E-state index < -0.39 is 0 Å². The number of fused-ring (bicyclic) bond motifs is 1. The van der Waals surface area contributed by atoms with Crippen LogP contribution in [-0.2, 0) is 0 Å². The minimum atomic E-state index is 0.248. The van der Waals surface area contributed by atoms with E-state index in [4.69, 9.17) is 10.5 Å².